The summed E-state index contributed by atoms with van der Waals surface area (Å²) in [6.07, 6.45) is 1.27. The lowest BCUT2D eigenvalue weighted by atomic mass is 10.1. The van der Waals surface area contributed by atoms with E-state index >= 15 is 0 Å². The zero-order chi connectivity index (χ0) is 14.5. The van der Waals surface area contributed by atoms with E-state index in [2.05, 4.69) is 26.2 Å². The van der Waals surface area contributed by atoms with Gasteiger partial charge in [0, 0.05) is 5.56 Å². The normalized spacial score (nSPS) is 9.90. The Bertz CT molecular complexity index is 612. The molecule has 0 fully saturated rings. The summed E-state index contributed by atoms with van der Waals surface area (Å²) in [5.41, 5.74) is 15.0. The maximum absolute atomic E-state index is 11.9. The molecule has 0 radical (unpaired) electrons. The second-order valence-corrected chi connectivity index (χ2v) is 4.07. The second kappa shape index (κ2) is 5.85. The lowest BCUT2D eigenvalue weighted by Crippen LogP contribution is -2.30. The van der Waals surface area contributed by atoms with Crippen LogP contribution in [0.15, 0.2) is 30.6 Å². The number of nitrogens with one attached hydrogen (secondary N) is 3. The fourth-order valence-corrected chi connectivity index (χ4v) is 1.50. The van der Waals surface area contributed by atoms with E-state index in [0.717, 1.165) is 5.56 Å². The van der Waals surface area contributed by atoms with E-state index in [4.69, 9.17) is 11.6 Å². The molecular weight excluding hydrogens is 258 g/mol. The van der Waals surface area contributed by atoms with Crippen LogP contribution in [0.1, 0.15) is 15.9 Å². The predicted molar refractivity (Wildman–Crippen MR) is 76.5 cm³/mol. The number of nitrogen functional groups attached to an aromatic ring is 2. The first-order valence-electron chi connectivity index (χ1n) is 5.82. The molecule has 0 atom stereocenters. The number of aryl methyl sites for hydroxylation is 1. The van der Waals surface area contributed by atoms with Gasteiger partial charge in [-0.25, -0.2) is 15.8 Å². The number of nitrogens with zero attached hydrogens (tertiary/aromatic N) is 2. The van der Waals surface area contributed by atoms with Crippen molar-refractivity contribution < 1.29 is 4.79 Å². The van der Waals surface area contributed by atoms with Gasteiger partial charge in [0.2, 0.25) is 0 Å². The first-order chi connectivity index (χ1) is 9.61. The van der Waals surface area contributed by atoms with Crippen molar-refractivity contribution in [2.75, 3.05) is 16.6 Å². The van der Waals surface area contributed by atoms with Gasteiger partial charge in [0.15, 0.2) is 11.6 Å². The molecule has 104 valence electrons. The first kappa shape index (κ1) is 13.6. The van der Waals surface area contributed by atoms with Crippen LogP contribution >= 0.6 is 0 Å². The van der Waals surface area contributed by atoms with Crippen molar-refractivity contribution in [1.82, 2.24) is 15.4 Å². The number of carbonyl (C=O) groups is 1. The highest BCUT2D eigenvalue weighted by atomic mass is 16.2. The van der Waals surface area contributed by atoms with Crippen LogP contribution < -0.4 is 27.9 Å². The van der Waals surface area contributed by atoms with Crippen molar-refractivity contribution in [3.63, 3.8) is 0 Å². The van der Waals surface area contributed by atoms with Crippen molar-refractivity contribution in [2.24, 2.45) is 5.84 Å². The lowest BCUT2D eigenvalue weighted by Gasteiger charge is -2.11. The average Bonchev–Trinajstić information content (AvgIpc) is 2.46. The minimum Gasteiger partial charge on any atom is -0.393 e. The van der Waals surface area contributed by atoms with E-state index in [1.54, 1.807) is 12.1 Å². The minimum absolute atomic E-state index is 0.208. The number of anilines is 3. The molecule has 7 N–H and O–H groups in total. The number of hydrogen-bond acceptors (Lipinski definition) is 7. The molecule has 20 heavy (non-hydrogen) atoms. The van der Waals surface area contributed by atoms with Gasteiger partial charge in [-0.1, -0.05) is 17.7 Å². The van der Waals surface area contributed by atoms with E-state index in [1.807, 2.05) is 19.1 Å². The summed E-state index contributed by atoms with van der Waals surface area (Å²) in [5.74, 6) is 5.47. The minimum atomic E-state index is -0.301. The summed E-state index contributed by atoms with van der Waals surface area (Å²) in [4.78, 5) is 19.6. The van der Waals surface area contributed by atoms with Gasteiger partial charge in [-0.3, -0.25) is 15.6 Å². The molecule has 0 saturated heterocycles. The Kier molecular flexibility index (Phi) is 3.96. The Hall–Kier alpha value is -2.87. The zero-order valence-corrected chi connectivity index (χ0v) is 10.8. The zero-order valence-electron chi connectivity index (χ0n) is 10.8. The summed E-state index contributed by atoms with van der Waals surface area (Å²) in [7, 11) is 0. The third-order valence-electron chi connectivity index (χ3n) is 2.63. The number of carbonyl (C=O) groups excluding carboxylic acids is 1. The van der Waals surface area contributed by atoms with E-state index < -0.39 is 0 Å². The van der Waals surface area contributed by atoms with Crippen molar-refractivity contribution >= 4 is 23.2 Å². The van der Waals surface area contributed by atoms with Crippen LogP contribution in [0.4, 0.5) is 17.3 Å². The molecular formula is C12H15N7O. The maximum Gasteiger partial charge on any atom is 0.269 e. The van der Waals surface area contributed by atoms with Gasteiger partial charge in [-0.05, 0) is 19.1 Å². The lowest BCUT2D eigenvalue weighted by molar-refractivity contribution is 0.0962. The van der Waals surface area contributed by atoms with E-state index in [-0.39, 0.29) is 23.2 Å². The smallest absolute Gasteiger partial charge is 0.269 e. The molecule has 1 aromatic carbocycles. The molecule has 1 heterocycles. The fraction of sp³-hybridized carbons (Fsp3) is 0.0833. The van der Waals surface area contributed by atoms with Gasteiger partial charge in [0.25, 0.3) is 5.91 Å². The maximum atomic E-state index is 11.9. The van der Waals surface area contributed by atoms with E-state index in [1.165, 1.54) is 6.33 Å². The van der Waals surface area contributed by atoms with Gasteiger partial charge >= 0.3 is 0 Å². The molecule has 2 aromatic rings. The number of hydrazine groups is 2. The van der Waals surface area contributed by atoms with Gasteiger partial charge in [0.05, 0.1) is 0 Å². The highest BCUT2D eigenvalue weighted by molar-refractivity contribution is 5.95. The third kappa shape index (κ3) is 2.93. The van der Waals surface area contributed by atoms with Crippen LogP contribution in [0.2, 0.25) is 0 Å². The molecule has 2 rings (SSSR count). The molecule has 8 heteroatoms. The molecule has 0 saturated carbocycles. The summed E-state index contributed by atoms with van der Waals surface area (Å²) < 4.78 is 0. The Labute approximate surface area is 115 Å². The summed E-state index contributed by atoms with van der Waals surface area (Å²) in [6, 6.07) is 7.15. The predicted octanol–water partition coefficient (Wildman–Crippen LogP) is 0.410. The van der Waals surface area contributed by atoms with Crippen molar-refractivity contribution in [3.8, 4) is 0 Å². The Morgan fingerprint density at radius 1 is 1.15 bits per heavy atom. The highest BCUT2D eigenvalue weighted by Gasteiger charge is 2.09. The Balaban J connectivity index is 2.05. The topological polar surface area (TPSA) is 131 Å². The van der Waals surface area contributed by atoms with Crippen molar-refractivity contribution in [3.05, 3.63) is 41.7 Å². The van der Waals surface area contributed by atoms with E-state index in [9.17, 15) is 4.79 Å². The SMILES string of the molecule is Cc1ccc(C(=O)NNc2ncnc(NN)c2N)cc1. The molecule has 0 aliphatic rings. The Morgan fingerprint density at radius 3 is 2.45 bits per heavy atom. The van der Waals surface area contributed by atoms with Crippen LogP contribution in [0.5, 0.6) is 0 Å². The standard InChI is InChI=1S/C12H15N7O/c1-7-2-4-8(5-3-7)12(20)19-18-11-9(13)10(17-14)15-6-16-11/h2-6H,13-14H2,1H3,(H,19,20)(H2,15,16,17,18). The highest BCUT2D eigenvalue weighted by Crippen LogP contribution is 2.20. The third-order valence-corrected chi connectivity index (χ3v) is 2.63. The van der Waals surface area contributed by atoms with Crippen molar-refractivity contribution in [1.29, 1.82) is 0 Å². The molecule has 0 bridgehead atoms. The molecule has 1 amide bonds. The number of benzene rings is 1. The second-order valence-electron chi connectivity index (χ2n) is 4.07. The molecule has 8 nitrogen and oxygen atoms in total. The first-order valence-corrected chi connectivity index (χ1v) is 5.82. The molecule has 1 aromatic heterocycles. The fourth-order valence-electron chi connectivity index (χ4n) is 1.50. The van der Waals surface area contributed by atoms with Crippen molar-refractivity contribution in [2.45, 2.75) is 6.92 Å². The average molecular weight is 273 g/mol. The number of nitrogens with two attached hydrogens (primary N) is 2. The van der Waals surface area contributed by atoms with Gasteiger partial charge < -0.3 is 11.2 Å². The summed E-state index contributed by atoms with van der Waals surface area (Å²) >= 11 is 0. The number of amides is 1. The van der Waals surface area contributed by atoms with E-state index in [0.29, 0.717) is 5.56 Å². The van der Waals surface area contributed by atoms with Crippen LogP contribution in [0.3, 0.4) is 0 Å². The van der Waals surface area contributed by atoms with Crippen LogP contribution in [0, 0.1) is 6.92 Å². The molecule has 0 aliphatic carbocycles. The van der Waals surface area contributed by atoms with Crippen LogP contribution in [0.25, 0.3) is 0 Å². The number of aromatic nitrogens is 2. The van der Waals surface area contributed by atoms with Crippen LogP contribution in [-0.4, -0.2) is 15.9 Å². The van der Waals surface area contributed by atoms with Crippen LogP contribution in [-0.2, 0) is 0 Å². The monoisotopic (exact) mass is 273 g/mol. The molecule has 0 spiro atoms. The molecule has 0 unspecified atom stereocenters. The van der Waals surface area contributed by atoms with Gasteiger partial charge in [-0.2, -0.15) is 0 Å². The quantitative estimate of drug-likeness (QED) is 0.402. The largest absolute Gasteiger partial charge is 0.393 e. The Morgan fingerprint density at radius 2 is 1.80 bits per heavy atom. The summed E-state index contributed by atoms with van der Waals surface area (Å²) in [6.45, 7) is 1.95. The number of hydrogen-bond donors (Lipinski definition) is 5. The van der Waals surface area contributed by atoms with Gasteiger partial charge in [-0.15, -0.1) is 0 Å². The summed E-state index contributed by atoms with van der Waals surface area (Å²) in [5, 5.41) is 0. The molecule has 0 aliphatic heterocycles. The van der Waals surface area contributed by atoms with Gasteiger partial charge in [0.1, 0.15) is 12.0 Å². The number of rotatable bonds is 4.